The quantitative estimate of drug-likeness (QED) is 0.650. The molecule has 1 amide bonds. The lowest BCUT2D eigenvalue weighted by Gasteiger charge is -2.29. The topological polar surface area (TPSA) is 88.2 Å². The molecule has 1 atom stereocenters. The van der Waals surface area contributed by atoms with E-state index < -0.39 is 10.3 Å². The molecule has 32 heavy (non-hydrogen) atoms. The minimum absolute atomic E-state index is 0.00729. The second-order valence-corrected chi connectivity index (χ2v) is 9.51. The van der Waals surface area contributed by atoms with Crippen LogP contribution < -0.4 is 14.2 Å². The summed E-state index contributed by atoms with van der Waals surface area (Å²) >= 11 is 0. The van der Waals surface area contributed by atoms with Gasteiger partial charge in [0, 0.05) is 39.3 Å². The highest BCUT2D eigenvalue weighted by Gasteiger charge is 2.27. The van der Waals surface area contributed by atoms with E-state index in [1.54, 1.807) is 11.0 Å². The number of benzene rings is 2. The zero-order valence-corrected chi connectivity index (χ0v) is 20.0. The number of hydrogen-bond acceptors (Lipinski definition) is 6. The van der Waals surface area contributed by atoms with Crippen LogP contribution in [-0.4, -0.2) is 64.4 Å². The third-order valence-corrected chi connectivity index (χ3v) is 6.95. The van der Waals surface area contributed by atoms with Crippen molar-refractivity contribution in [3.8, 4) is 11.5 Å². The molecule has 0 saturated carbocycles. The second-order valence-electron chi connectivity index (χ2n) is 7.76. The van der Waals surface area contributed by atoms with Gasteiger partial charge in [-0.05, 0) is 61.2 Å². The van der Waals surface area contributed by atoms with Crippen LogP contribution in [0.25, 0.3) is 0 Å². The largest absolute Gasteiger partial charge is 0.493 e. The summed E-state index contributed by atoms with van der Waals surface area (Å²) in [6, 6.07) is 10.9. The van der Waals surface area contributed by atoms with Gasteiger partial charge in [-0.1, -0.05) is 12.1 Å². The first kappa shape index (κ1) is 24.0. The smallest absolute Gasteiger partial charge is 0.384 e. The van der Waals surface area contributed by atoms with Gasteiger partial charge in [0.05, 0.1) is 13.2 Å². The van der Waals surface area contributed by atoms with E-state index in [1.807, 2.05) is 44.2 Å². The molecule has 1 heterocycles. The highest BCUT2D eigenvalue weighted by atomic mass is 32.2. The van der Waals surface area contributed by atoms with Crippen molar-refractivity contribution in [3.63, 3.8) is 0 Å². The SMILES string of the molecule is CCN(CC)C(=O)c1ccc(C2NCCc3cc(OC)c(OS(=O)(=O)N(C)C)cc32)cc1. The fourth-order valence-corrected chi connectivity index (χ4v) is 4.29. The van der Waals surface area contributed by atoms with Crippen LogP contribution in [0.15, 0.2) is 36.4 Å². The molecule has 2 aromatic carbocycles. The van der Waals surface area contributed by atoms with Crippen molar-refractivity contribution in [2.45, 2.75) is 26.3 Å². The van der Waals surface area contributed by atoms with Crippen LogP contribution in [0.4, 0.5) is 0 Å². The highest BCUT2D eigenvalue weighted by molar-refractivity contribution is 7.84. The lowest BCUT2D eigenvalue weighted by molar-refractivity contribution is 0.0773. The number of carbonyl (C=O) groups is 1. The van der Waals surface area contributed by atoms with E-state index in [9.17, 15) is 13.2 Å². The molecule has 1 N–H and O–H groups in total. The molecular formula is C23H31N3O5S. The van der Waals surface area contributed by atoms with Crippen molar-refractivity contribution in [3.05, 3.63) is 58.7 Å². The molecule has 0 saturated heterocycles. The van der Waals surface area contributed by atoms with Gasteiger partial charge in [0.15, 0.2) is 11.5 Å². The van der Waals surface area contributed by atoms with Crippen LogP contribution >= 0.6 is 0 Å². The standard InChI is InChI=1S/C23H31N3O5S/c1-6-26(7-2)23(27)17-10-8-16(9-11-17)22-19-15-21(31-32(28,29)25(3)4)20(30-5)14-18(19)12-13-24-22/h8-11,14-15,22,24H,6-7,12-13H2,1-5H3. The van der Waals surface area contributed by atoms with Gasteiger partial charge in [-0.15, -0.1) is 0 Å². The van der Waals surface area contributed by atoms with E-state index in [4.69, 9.17) is 8.92 Å². The van der Waals surface area contributed by atoms with Crippen molar-refractivity contribution < 1.29 is 22.1 Å². The maximum Gasteiger partial charge on any atom is 0.384 e. The molecule has 8 nitrogen and oxygen atoms in total. The van der Waals surface area contributed by atoms with Crippen molar-refractivity contribution in [2.75, 3.05) is 40.8 Å². The maximum atomic E-state index is 12.6. The lowest BCUT2D eigenvalue weighted by Crippen LogP contribution is -2.32. The molecule has 1 aliphatic rings. The first-order valence-corrected chi connectivity index (χ1v) is 12.0. The Morgan fingerprint density at radius 3 is 2.31 bits per heavy atom. The first-order valence-electron chi connectivity index (χ1n) is 10.7. The summed E-state index contributed by atoms with van der Waals surface area (Å²) in [5.74, 6) is 0.518. The summed E-state index contributed by atoms with van der Waals surface area (Å²) in [5.41, 5.74) is 3.60. The number of carbonyl (C=O) groups excluding carboxylic acids is 1. The van der Waals surface area contributed by atoms with Gasteiger partial charge in [-0.2, -0.15) is 12.7 Å². The van der Waals surface area contributed by atoms with Gasteiger partial charge in [0.1, 0.15) is 0 Å². The van der Waals surface area contributed by atoms with Gasteiger partial charge in [0.25, 0.3) is 5.91 Å². The zero-order chi connectivity index (χ0) is 23.5. The monoisotopic (exact) mass is 461 g/mol. The number of rotatable bonds is 8. The van der Waals surface area contributed by atoms with Crippen LogP contribution in [0.2, 0.25) is 0 Å². The van der Waals surface area contributed by atoms with Gasteiger partial charge in [-0.3, -0.25) is 4.79 Å². The van der Waals surface area contributed by atoms with Crippen molar-refractivity contribution in [2.24, 2.45) is 0 Å². The minimum atomic E-state index is -3.93. The molecule has 174 valence electrons. The molecule has 0 aliphatic carbocycles. The molecule has 2 aromatic rings. The van der Waals surface area contributed by atoms with Gasteiger partial charge < -0.3 is 19.1 Å². The van der Waals surface area contributed by atoms with E-state index in [2.05, 4.69) is 5.32 Å². The molecule has 3 rings (SSSR count). The van der Waals surface area contributed by atoms with Crippen LogP contribution in [0, 0.1) is 0 Å². The van der Waals surface area contributed by atoms with Crippen LogP contribution in [0.5, 0.6) is 11.5 Å². The normalized spacial score (nSPS) is 15.9. The number of nitrogens with one attached hydrogen (secondary N) is 1. The highest BCUT2D eigenvalue weighted by Crippen LogP contribution is 2.38. The van der Waals surface area contributed by atoms with E-state index in [0.717, 1.165) is 34.0 Å². The Balaban J connectivity index is 1.97. The van der Waals surface area contributed by atoms with E-state index >= 15 is 0 Å². The molecular weight excluding hydrogens is 430 g/mol. The van der Waals surface area contributed by atoms with Crippen LogP contribution in [0.1, 0.15) is 46.9 Å². The number of methoxy groups -OCH3 is 1. The Morgan fingerprint density at radius 1 is 1.09 bits per heavy atom. The summed E-state index contributed by atoms with van der Waals surface area (Å²) in [4.78, 5) is 14.4. The predicted octanol–water partition coefficient (Wildman–Crippen LogP) is 2.60. The van der Waals surface area contributed by atoms with Crippen molar-refractivity contribution in [1.29, 1.82) is 0 Å². The molecule has 0 aromatic heterocycles. The fourth-order valence-electron chi connectivity index (χ4n) is 3.79. The van der Waals surface area contributed by atoms with Crippen molar-refractivity contribution >= 4 is 16.2 Å². The Bertz CT molecular complexity index is 1060. The predicted molar refractivity (Wildman–Crippen MR) is 123 cm³/mol. The summed E-state index contributed by atoms with van der Waals surface area (Å²) in [6.45, 7) is 6.01. The molecule has 0 radical (unpaired) electrons. The Labute approximate surface area is 190 Å². The Kier molecular flexibility index (Phi) is 7.43. The summed E-state index contributed by atoms with van der Waals surface area (Å²) < 4.78 is 36.3. The van der Waals surface area contributed by atoms with Gasteiger partial charge in [0.2, 0.25) is 0 Å². The third-order valence-electron chi connectivity index (χ3n) is 5.66. The summed E-state index contributed by atoms with van der Waals surface area (Å²) in [5, 5.41) is 3.48. The van der Waals surface area contributed by atoms with Crippen molar-refractivity contribution in [1.82, 2.24) is 14.5 Å². The molecule has 9 heteroatoms. The molecule has 0 spiro atoms. The maximum absolute atomic E-state index is 12.6. The van der Waals surface area contributed by atoms with E-state index in [0.29, 0.717) is 24.4 Å². The Hall–Kier alpha value is -2.62. The summed E-state index contributed by atoms with van der Waals surface area (Å²) in [6.07, 6.45) is 0.779. The lowest BCUT2D eigenvalue weighted by atomic mass is 9.89. The number of hydrogen-bond donors (Lipinski definition) is 1. The van der Waals surface area contributed by atoms with Gasteiger partial charge >= 0.3 is 10.3 Å². The van der Waals surface area contributed by atoms with E-state index in [-0.39, 0.29) is 17.7 Å². The third kappa shape index (κ3) is 4.90. The van der Waals surface area contributed by atoms with Crippen LogP contribution in [-0.2, 0) is 16.7 Å². The number of nitrogens with zero attached hydrogens (tertiary/aromatic N) is 2. The van der Waals surface area contributed by atoms with Gasteiger partial charge in [-0.25, -0.2) is 0 Å². The molecule has 0 fully saturated rings. The number of amides is 1. The number of ether oxygens (including phenoxy) is 1. The average Bonchev–Trinajstić information content (AvgIpc) is 2.78. The fraction of sp³-hybridized carbons (Fsp3) is 0.435. The molecule has 1 aliphatic heterocycles. The average molecular weight is 462 g/mol. The second kappa shape index (κ2) is 9.89. The molecule has 1 unspecified atom stereocenters. The zero-order valence-electron chi connectivity index (χ0n) is 19.2. The summed E-state index contributed by atoms with van der Waals surface area (Å²) in [7, 11) is 0.374. The van der Waals surface area contributed by atoms with E-state index in [1.165, 1.54) is 21.2 Å². The minimum Gasteiger partial charge on any atom is -0.493 e. The van der Waals surface area contributed by atoms with Crippen LogP contribution in [0.3, 0.4) is 0 Å². The first-order chi connectivity index (χ1) is 15.2. The number of fused-ring (bicyclic) bond motifs is 1. The molecule has 0 bridgehead atoms. The Morgan fingerprint density at radius 2 is 1.75 bits per heavy atom.